The van der Waals surface area contributed by atoms with Crippen LogP contribution in [0.1, 0.15) is 43.2 Å². The minimum atomic E-state index is -2.81. The molecule has 2 aromatic rings. The van der Waals surface area contributed by atoms with Crippen molar-refractivity contribution >= 4 is 50.4 Å². The van der Waals surface area contributed by atoms with Crippen molar-refractivity contribution in [2.75, 3.05) is 11.9 Å². The van der Waals surface area contributed by atoms with E-state index in [4.69, 9.17) is 28.9 Å². The zero-order valence-electron chi connectivity index (χ0n) is 17.7. The van der Waals surface area contributed by atoms with Crippen LogP contribution in [0.3, 0.4) is 0 Å². The summed E-state index contributed by atoms with van der Waals surface area (Å²) in [6.45, 7) is 5.61. The Bertz CT molecular complexity index is 1290. The molecule has 3 N–H and O–H groups in total. The quantitative estimate of drug-likeness (QED) is 0.654. The number of pyridine rings is 1. The molecule has 170 valence electrons. The fraction of sp³-hybridized carbons (Fsp3) is 0.381. The van der Waals surface area contributed by atoms with Gasteiger partial charge in [0, 0.05) is 24.0 Å². The second kappa shape index (κ2) is 7.67. The number of nitrogens with two attached hydrogens (primary N) is 1. The van der Waals surface area contributed by atoms with Gasteiger partial charge >= 0.3 is 0 Å². The van der Waals surface area contributed by atoms with Gasteiger partial charge in [-0.2, -0.15) is 0 Å². The van der Waals surface area contributed by atoms with Gasteiger partial charge in [-0.3, -0.25) is 9.79 Å². The number of hydrogen-bond donors (Lipinski definition) is 2. The number of carbonyl (C=O) groups excluding carboxylic acids is 1. The van der Waals surface area contributed by atoms with E-state index >= 15 is 4.39 Å². The van der Waals surface area contributed by atoms with E-state index in [-0.39, 0.29) is 22.1 Å². The van der Waals surface area contributed by atoms with Crippen LogP contribution in [0, 0.1) is 5.82 Å². The number of hydrogen-bond acceptors (Lipinski definition) is 6. The number of halogens is 3. The van der Waals surface area contributed by atoms with Gasteiger partial charge in [0.05, 0.1) is 25.0 Å². The molecule has 3 atom stereocenters. The molecule has 0 radical (unpaired) electrons. The zero-order valence-corrected chi connectivity index (χ0v) is 20.0. The average molecular weight is 498 g/mol. The van der Waals surface area contributed by atoms with E-state index in [0.717, 1.165) is 0 Å². The number of fused-ring (bicyclic) bond motifs is 1. The lowest BCUT2D eigenvalue weighted by atomic mass is 9.85. The highest BCUT2D eigenvalue weighted by atomic mass is 35.5. The molecular formula is C21H22Cl2FN5O2S. The fourth-order valence-corrected chi connectivity index (χ4v) is 7.90. The number of rotatable bonds is 3. The van der Waals surface area contributed by atoms with Crippen LogP contribution >= 0.6 is 23.2 Å². The Morgan fingerprint density at radius 2 is 2.00 bits per heavy atom. The summed E-state index contributed by atoms with van der Waals surface area (Å²) in [6.07, 6.45) is 1.80. The first-order chi connectivity index (χ1) is 14.9. The summed E-state index contributed by atoms with van der Waals surface area (Å²) in [7, 11) is -2.81. The number of aliphatic imine (C=N–C) groups is 1. The summed E-state index contributed by atoms with van der Waals surface area (Å²) in [6, 6.07) is 5.53. The van der Waals surface area contributed by atoms with E-state index in [1.807, 2.05) is 0 Å². The molecule has 11 heteroatoms. The molecule has 0 saturated carbocycles. The van der Waals surface area contributed by atoms with E-state index in [1.54, 1.807) is 20.8 Å². The second-order valence-corrected chi connectivity index (χ2v) is 12.3. The van der Waals surface area contributed by atoms with Crippen LogP contribution < -0.4 is 11.1 Å². The van der Waals surface area contributed by atoms with Gasteiger partial charge in [0.15, 0.2) is 0 Å². The topological polar surface area (TPSA) is 110 Å². The summed E-state index contributed by atoms with van der Waals surface area (Å²) in [5.74, 6) is -0.960. The number of nitrogens with zero attached hydrogens (tertiary/aromatic N) is 3. The number of benzene rings is 1. The third-order valence-corrected chi connectivity index (χ3v) is 10.4. The van der Waals surface area contributed by atoms with Crippen molar-refractivity contribution in [1.29, 1.82) is 0 Å². The molecule has 3 heterocycles. The highest BCUT2D eigenvalue weighted by Gasteiger charge is 2.56. The maximum absolute atomic E-state index is 15.1. The lowest BCUT2D eigenvalue weighted by Crippen LogP contribution is -2.58. The fourth-order valence-electron chi connectivity index (χ4n) is 4.27. The maximum atomic E-state index is 15.1. The van der Waals surface area contributed by atoms with Crippen molar-refractivity contribution in [3.8, 4) is 0 Å². The molecule has 4 rings (SSSR count). The Hall–Kier alpha value is -2.23. The van der Waals surface area contributed by atoms with Crippen LogP contribution in [0.2, 0.25) is 10.0 Å². The first kappa shape index (κ1) is 22.9. The molecule has 2 aliphatic heterocycles. The molecule has 0 aliphatic carbocycles. The van der Waals surface area contributed by atoms with Crippen molar-refractivity contribution in [2.24, 2.45) is 15.1 Å². The lowest BCUT2D eigenvalue weighted by molar-refractivity contribution is 0.102. The zero-order chi connectivity index (χ0) is 23.5. The summed E-state index contributed by atoms with van der Waals surface area (Å²) in [4.78, 5) is 21.3. The van der Waals surface area contributed by atoms with E-state index < -0.39 is 37.0 Å². The van der Waals surface area contributed by atoms with Crippen molar-refractivity contribution in [3.63, 3.8) is 0 Å². The summed E-state index contributed by atoms with van der Waals surface area (Å²) < 4.78 is 32.5. The molecule has 1 aromatic carbocycles. The summed E-state index contributed by atoms with van der Waals surface area (Å²) in [5.41, 5.74) is 5.48. The number of aromatic nitrogens is 1. The maximum Gasteiger partial charge on any atom is 0.275 e. The molecular weight excluding hydrogens is 476 g/mol. The van der Waals surface area contributed by atoms with Crippen molar-refractivity contribution in [2.45, 2.75) is 42.7 Å². The van der Waals surface area contributed by atoms with Crippen LogP contribution in [0.5, 0.6) is 0 Å². The van der Waals surface area contributed by atoms with Gasteiger partial charge in [0.1, 0.15) is 27.6 Å². The van der Waals surface area contributed by atoms with Crippen molar-refractivity contribution in [3.05, 3.63) is 57.6 Å². The number of carbonyl (C=O) groups is 1. The summed E-state index contributed by atoms with van der Waals surface area (Å²) in [5, 5.41) is 2.53. The Morgan fingerprint density at radius 3 is 2.69 bits per heavy atom. The first-order valence-electron chi connectivity index (χ1n) is 9.90. The average Bonchev–Trinajstić information content (AvgIpc) is 3.13. The minimum Gasteiger partial charge on any atom is -0.386 e. The molecule has 0 bridgehead atoms. The molecule has 1 amide bonds. The van der Waals surface area contributed by atoms with E-state index in [2.05, 4.69) is 19.7 Å². The minimum absolute atomic E-state index is 0.0209. The molecule has 0 saturated heterocycles. The van der Waals surface area contributed by atoms with Gasteiger partial charge in [-0.05, 0) is 51.5 Å². The predicted molar refractivity (Wildman–Crippen MR) is 126 cm³/mol. The number of amidine groups is 1. The van der Waals surface area contributed by atoms with Crippen molar-refractivity contribution < 1.29 is 13.4 Å². The number of nitrogens with one attached hydrogen (secondary N) is 1. The van der Waals surface area contributed by atoms with Crippen LogP contribution in [0.4, 0.5) is 10.1 Å². The van der Waals surface area contributed by atoms with E-state index in [1.165, 1.54) is 30.5 Å². The molecule has 0 fully saturated rings. The van der Waals surface area contributed by atoms with Crippen LogP contribution in [-0.2, 0) is 15.3 Å². The van der Waals surface area contributed by atoms with Gasteiger partial charge in [0.2, 0.25) is 0 Å². The number of anilines is 1. The standard InChI is InChI=1S/C21H22Cl2FN5O2S/c1-20(2)19(25)29-21(3,16-6-7-27-32(16,20)31)13-9-12(4-5-15(13)24)28-18(30)17-14(23)8-11(22)10-26-17/h4-5,8-10,16H,6-7H2,1-3H3,(H2,25,29)(H,28,30)/t16-,21+,32?/m0/s1. The van der Waals surface area contributed by atoms with E-state index in [9.17, 15) is 9.00 Å². The molecule has 7 nitrogen and oxygen atoms in total. The summed E-state index contributed by atoms with van der Waals surface area (Å²) >= 11 is 11.9. The van der Waals surface area contributed by atoms with Crippen LogP contribution in [0.25, 0.3) is 0 Å². The SMILES string of the molecule is CC1(C)C(N)=N[C@](C)(c2cc(NC(=O)c3ncc(Cl)cc3Cl)ccc2F)[C@@H]2CCN=S21=O. The molecule has 2 aliphatic rings. The van der Waals surface area contributed by atoms with Gasteiger partial charge in [-0.25, -0.2) is 17.9 Å². The monoisotopic (exact) mass is 497 g/mol. The van der Waals surface area contributed by atoms with Gasteiger partial charge in [-0.1, -0.05) is 23.2 Å². The first-order valence-corrected chi connectivity index (χ1v) is 12.2. The lowest BCUT2D eigenvalue weighted by Gasteiger charge is -2.44. The molecule has 1 unspecified atom stereocenters. The Kier molecular flexibility index (Phi) is 5.50. The smallest absolute Gasteiger partial charge is 0.275 e. The number of amides is 1. The highest BCUT2D eigenvalue weighted by molar-refractivity contribution is 7.96. The highest BCUT2D eigenvalue weighted by Crippen LogP contribution is 2.48. The van der Waals surface area contributed by atoms with Gasteiger partial charge in [0.25, 0.3) is 5.91 Å². The molecule has 0 spiro atoms. The Balaban J connectivity index is 1.76. The Labute approximate surface area is 195 Å². The van der Waals surface area contributed by atoms with Crippen LogP contribution in [0.15, 0.2) is 39.8 Å². The van der Waals surface area contributed by atoms with Gasteiger partial charge < -0.3 is 11.1 Å². The predicted octanol–water partition coefficient (Wildman–Crippen LogP) is 4.38. The van der Waals surface area contributed by atoms with Crippen LogP contribution in [-0.4, -0.2) is 37.5 Å². The van der Waals surface area contributed by atoms with E-state index in [0.29, 0.717) is 23.7 Å². The third-order valence-electron chi connectivity index (χ3n) is 6.18. The normalized spacial score (nSPS) is 28.4. The Morgan fingerprint density at radius 1 is 1.28 bits per heavy atom. The third kappa shape index (κ3) is 3.38. The van der Waals surface area contributed by atoms with Gasteiger partial charge in [-0.15, -0.1) is 0 Å². The largest absolute Gasteiger partial charge is 0.386 e. The second-order valence-electron chi connectivity index (χ2n) is 8.49. The molecule has 1 aromatic heterocycles. The molecule has 32 heavy (non-hydrogen) atoms. The van der Waals surface area contributed by atoms with Crippen molar-refractivity contribution in [1.82, 2.24) is 4.98 Å².